The first-order valence-electron chi connectivity index (χ1n) is 9.15. The quantitative estimate of drug-likeness (QED) is 0.814. The fraction of sp³-hybridized carbons (Fsp3) is 0.600. The minimum Gasteiger partial charge on any atom is -0.354 e. The molecule has 24 heavy (non-hydrogen) atoms. The largest absolute Gasteiger partial charge is 0.354 e. The van der Waals surface area contributed by atoms with Gasteiger partial charge in [0.2, 0.25) is 11.8 Å². The van der Waals surface area contributed by atoms with Crippen molar-refractivity contribution in [1.29, 1.82) is 0 Å². The van der Waals surface area contributed by atoms with Gasteiger partial charge in [-0.25, -0.2) is 0 Å². The van der Waals surface area contributed by atoms with Crippen LogP contribution < -0.4 is 5.32 Å². The molecule has 0 atom stereocenters. The van der Waals surface area contributed by atoms with Crippen molar-refractivity contribution in [3.05, 3.63) is 35.4 Å². The molecule has 0 aliphatic heterocycles. The van der Waals surface area contributed by atoms with Crippen LogP contribution in [0.1, 0.15) is 56.6 Å². The Morgan fingerprint density at radius 2 is 1.88 bits per heavy atom. The van der Waals surface area contributed by atoms with E-state index in [4.69, 9.17) is 0 Å². The van der Waals surface area contributed by atoms with Crippen molar-refractivity contribution in [2.45, 2.75) is 64.8 Å². The predicted molar refractivity (Wildman–Crippen MR) is 96.8 cm³/mol. The van der Waals surface area contributed by atoms with Gasteiger partial charge in [-0.3, -0.25) is 9.59 Å². The number of rotatable bonds is 6. The van der Waals surface area contributed by atoms with Crippen LogP contribution in [0.15, 0.2) is 24.3 Å². The van der Waals surface area contributed by atoms with Gasteiger partial charge in [0, 0.05) is 26.1 Å². The molecule has 1 N–H and O–H groups in total. The second-order valence-corrected chi connectivity index (χ2v) is 6.87. The zero-order valence-corrected chi connectivity index (χ0v) is 15.0. The van der Waals surface area contributed by atoms with Gasteiger partial charge in [0.1, 0.15) is 0 Å². The molecule has 0 unspecified atom stereocenters. The summed E-state index contributed by atoms with van der Waals surface area (Å²) < 4.78 is 0. The Balaban J connectivity index is 1.79. The van der Waals surface area contributed by atoms with Crippen LogP contribution >= 0.6 is 0 Å². The van der Waals surface area contributed by atoms with Crippen LogP contribution in [0.3, 0.4) is 0 Å². The second kappa shape index (κ2) is 9.45. The number of nitrogens with zero attached hydrogens (tertiary/aromatic N) is 1. The molecule has 0 heterocycles. The Labute approximate surface area is 145 Å². The third kappa shape index (κ3) is 5.99. The first kappa shape index (κ1) is 18.5. The zero-order chi connectivity index (χ0) is 17.4. The summed E-state index contributed by atoms with van der Waals surface area (Å²) in [6, 6.07) is 8.35. The lowest BCUT2D eigenvalue weighted by atomic mass is 10.1. The summed E-state index contributed by atoms with van der Waals surface area (Å²) >= 11 is 0. The Kier molecular flexibility index (Phi) is 7.29. The molecule has 1 saturated carbocycles. The molecular weight excluding hydrogens is 300 g/mol. The topological polar surface area (TPSA) is 49.4 Å². The fourth-order valence-electron chi connectivity index (χ4n) is 3.55. The Morgan fingerprint density at radius 3 is 2.50 bits per heavy atom. The van der Waals surface area contributed by atoms with Crippen LogP contribution in [0.2, 0.25) is 0 Å². The third-order valence-corrected chi connectivity index (χ3v) is 4.79. The average Bonchev–Trinajstić information content (AvgIpc) is 2.80. The molecule has 0 aromatic heterocycles. The second-order valence-electron chi connectivity index (χ2n) is 6.87. The SMILES string of the molecule is CC(=O)N(CCNC(=O)Cc1cccc(C)c1)C1CCCCCC1. The lowest BCUT2D eigenvalue weighted by Gasteiger charge is -2.30. The normalized spacial score (nSPS) is 15.6. The highest BCUT2D eigenvalue weighted by molar-refractivity contribution is 5.78. The molecule has 0 radical (unpaired) electrons. The van der Waals surface area contributed by atoms with E-state index in [1.807, 2.05) is 36.1 Å². The fourth-order valence-corrected chi connectivity index (χ4v) is 3.55. The van der Waals surface area contributed by atoms with E-state index < -0.39 is 0 Å². The van der Waals surface area contributed by atoms with Gasteiger partial charge in [0.15, 0.2) is 0 Å². The van der Waals surface area contributed by atoms with Crippen molar-refractivity contribution in [3.63, 3.8) is 0 Å². The van der Waals surface area contributed by atoms with Crippen LogP contribution in [0.4, 0.5) is 0 Å². The highest BCUT2D eigenvalue weighted by atomic mass is 16.2. The summed E-state index contributed by atoms with van der Waals surface area (Å²) in [5.74, 6) is 0.139. The molecule has 4 heteroatoms. The number of carbonyl (C=O) groups excluding carboxylic acids is 2. The van der Waals surface area contributed by atoms with Gasteiger partial charge in [0.25, 0.3) is 0 Å². The summed E-state index contributed by atoms with van der Waals surface area (Å²) in [6.45, 7) is 4.80. The van der Waals surface area contributed by atoms with Crippen molar-refractivity contribution in [2.75, 3.05) is 13.1 Å². The molecule has 1 aromatic rings. The number of nitrogens with one attached hydrogen (secondary N) is 1. The van der Waals surface area contributed by atoms with Crippen LogP contribution in [-0.2, 0) is 16.0 Å². The van der Waals surface area contributed by atoms with Crippen molar-refractivity contribution in [2.24, 2.45) is 0 Å². The molecule has 2 rings (SSSR count). The average molecular weight is 330 g/mol. The molecule has 0 bridgehead atoms. The van der Waals surface area contributed by atoms with Crippen molar-refractivity contribution < 1.29 is 9.59 Å². The molecule has 1 fully saturated rings. The van der Waals surface area contributed by atoms with Crippen molar-refractivity contribution in [1.82, 2.24) is 10.2 Å². The lowest BCUT2D eigenvalue weighted by Crippen LogP contribution is -2.43. The predicted octanol–water partition coefficient (Wildman–Crippen LogP) is 3.23. The number of aryl methyl sites for hydroxylation is 1. The van der Waals surface area contributed by atoms with Crippen LogP contribution in [0, 0.1) is 6.92 Å². The van der Waals surface area contributed by atoms with Gasteiger partial charge in [-0.2, -0.15) is 0 Å². The number of carbonyl (C=O) groups is 2. The summed E-state index contributed by atoms with van der Waals surface area (Å²) in [6.07, 6.45) is 7.53. The van der Waals surface area contributed by atoms with Gasteiger partial charge >= 0.3 is 0 Å². The van der Waals surface area contributed by atoms with Crippen molar-refractivity contribution in [3.8, 4) is 0 Å². The number of amides is 2. The van der Waals surface area contributed by atoms with E-state index in [1.165, 1.54) is 25.7 Å². The summed E-state index contributed by atoms with van der Waals surface area (Å²) in [5.41, 5.74) is 2.19. The van der Waals surface area contributed by atoms with E-state index in [9.17, 15) is 9.59 Å². The lowest BCUT2D eigenvalue weighted by molar-refractivity contribution is -0.132. The minimum atomic E-state index is 0.0185. The molecule has 0 spiro atoms. The standard InChI is InChI=1S/C20H30N2O2/c1-16-8-7-9-18(14-16)15-20(24)21-12-13-22(17(2)23)19-10-5-3-4-6-11-19/h7-9,14,19H,3-6,10-13,15H2,1-2H3,(H,21,24). The summed E-state index contributed by atoms with van der Waals surface area (Å²) in [5, 5.41) is 2.96. The third-order valence-electron chi connectivity index (χ3n) is 4.79. The van der Waals surface area contributed by atoms with E-state index in [1.54, 1.807) is 6.92 Å². The van der Waals surface area contributed by atoms with Gasteiger partial charge in [-0.05, 0) is 25.3 Å². The van der Waals surface area contributed by atoms with Crippen LogP contribution in [0.25, 0.3) is 0 Å². The van der Waals surface area contributed by atoms with Gasteiger partial charge in [-0.15, -0.1) is 0 Å². The molecule has 2 amide bonds. The maximum atomic E-state index is 12.1. The smallest absolute Gasteiger partial charge is 0.224 e. The summed E-state index contributed by atoms with van der Waals surface area (Å²) in [4.78, 5) is 26.0. The molecule has 132 valence electrons. The number of benzene rings is 1. The van der Waals surface area contributed by atoms with E-state index in [2.05, 4.69) is 5.32 Å². The van der Waals surface area contributed by atoms with Crippen LogP contribution in [0.5, 0.6) is 0 Å². The minimum absolute atomic E-state index is 0.0185. The maximum absolute atomic E-state index is 12.1. The zero-order valence-electron chi connectivity index (χ0n) is 15.0. The van der Waals surface area contributed by atoms with E-state index in [-0.39, 0.29) is 11.8 Å². The van der Waals surface area contributed by atoms with Gasteiger partial charge < -0.3 is 10.2 Å². The monoisotopic (exact) mass is 330 g/mol. The summed E-state index contributed by atoms with van der Waals surface area (Å²) in [7, 11) is 0. The highest BCUT2D eigenvalue weighted by Gasteiger charge is 2.21. The molecule has 1 aromatic carbocycles. The first-order valence-corrected chi connectivity index (χ1v) is 9.15. The number of hydrogen-bond acceptors (Lipinski definition) is 2. The van der Waals surface area contributed by atoms with Crippen molar-refractivity contribution >= 4 is 11.8 Å². The Morgan fingerprint density at radius 1 is 1.17 bits per heavy atom. The van der Waals surface area contributed by atoms with E-state index in [0.29, 0.717) is 25.6 Å². The van der Waals surface area contributed by atoms with Gasteiger partial charge in [0.05, 0.1) is 6.42 Å². The molecule has 0 saturated heterocycles. The van der Waals surface area contributed by atoms with E-state index in [0.717, 1.165) is 24.0 Å². The number of hydrogen-bond donors (Lipinski definition) is 1. The molecule has 1 aliphatic rings. The maximum Gasteiger partial charge on any atom is 0.224 e. The van der Waals surface area contributed by atoms with E-state index >= 15 is 0 Å². The van der Waals surface area contributed by atoms with Gasteiger partial charge in [-0.1, -0.05) is 55.5 Å². The Hall–Kier alpha value is -1.84. The first-order chi connectivity index (χ1) is 11.6. The van der Waals surface area contributed by atoms with Crippen LogP contribution in [-0.4, -0.2) is 35.8 Å². The molecule has 1 aliphatic carbocycles. The molecule has 4 nitrogen and oxygen atoms in total. The molecular formula is C20H30N2O2. The highest BCUT2D eigenvalue weighted by Crippen LogP contribution is 2.21. The Bertz CT molecular complexity index is 548.